The summed E-state index contributed by atoms with van der Waals surface area (Å²) < 4.78 is 115. The fraction of sp³-hybridized carbons (Fsp3) is 0.455. The predicted molar refractivity (Wildman–Crippen MR) is 168 cm³/mol. The molecule has 0 heterocycles. The first kappa shape index (κ1) is 40.1. The third-order valence-electron chi connectivity index (χ3n) is 6.39. The summed E-state index contributed by atoms with van der Waals surface area (Å²) in [7, 11) is -6.89. The summed E-state index contributed by atoms with van der Waals surface area (Å²) in [5.74, 6) is 2.79. The molecule has 0 aliphatic heterocycles. The van der Waals surface area contributed by atoms with Crippen molar-refractivity contribution in [3.05, 3.63) is 72.8 Å². The lowest BCUT2D eigenvalue weighted by Gasteiger charge is -2.24. The van der Waals surface area contributed by atoms with Gasteiger partial charge < -0.3 is 18.8 Å². The average molecular weight is 711 g/mol. The van der Waals surface area contributed by atoms with Gasteiger partial charge in [-0.3, -0.25) is 0 Å². The molecule has 6 nitrogen and oxygen atoms in total. The molecule has 0 aromatic heterocycles. The molecule has 0 radical (unpaired) electrons. The Hall–Kier alpha value is -3.10. The summed E-state index contributed by atoms with van der Waals surface area (Å²) in [5, 5.41) is -5.99. The monoisotopic (exact) mass is 710 g/mol. The second-order valence-corrected chi connectivity index (χ2v) is 13.7. The Morgan fingerprint density at radius 3 is 1.09 bits per heavy atom. The molecule has 3 rings (SSSR count). The number of ether oxygens (including phenoxy) is 3. The van der Waals surface area contributed by atoms with E-state index in [0.29, 0.717) is 0 Å². The van der Waals surface area contributed by atoms with Crippen LogP contribution in [0.25, 0.3) is 0 Å². The zero-order chi connectivity index (χ0) is 35.1. The van der Waals surface area contributed by atoms with Crippen molar-refractivity contribution >= 4 is 21.0 Å². The van der Waals surface area contributed by atoms with Crippen LogP contribution in [-0.4, -0.2) is 50.4 Å². The van der Waals surface area contributed by atoms with Crippen molar-refractivity contribution < 1.29 is 53.5 Å². The van der Waals surface area contributed by atoms with Gasteiger partial charge in [-0.2, -0.15) is 22.0 Å². The van der Waals surface area contributed by atoms with Crippen LogP contribution in [0, 0.1) is 0 Å². The first-order valence-corrected chi connectivity index (χ1v) is 17.8. The van der Waals surface area contributed by atoms with Crippen molar-refractivity contribution in [3.63, 3.8) is 0 Å². The van der Waals surface area contributed by atoms with E-state index >= 15 is 0 Å². The van der Waals surface area contributed by atoms with Gasteiger partial charge in [0, 0.05) is 0 Å². The van der Waals surface area contributed by atoms with Crippen molar-refractivity contribution in [1.82, 2.24) is 0 Å². The minimum atomic E-state index is -6.66. The normalized spacial score (nSPS) is 12.7. The Morgan fingerprint density at radius 1 is 0.617 bits per heavy atom. The fourth-order valence-electron chi connectivity index (χ4n) is 3.74. The molecule has 3 aromatic rings. The van der Waals surface area contributed by atoms with Crippen LogP contribution in [-0.2, 0) is 21.0 Å². The number of rotatable bonds is 17. The van der Waals surface area contributed by atoms with Gasteiger partial charge in [0.15, 0.2) is 24.8 Å². The molecule has 0 spiro atoms. The summed E-state index contributed by atoms with van der Waals surface area (Å²) in [6.07, 6.45) is -4.47. The first-order chi connectivity index (χ1) is 22.1. The van der Waals surface area contributed by atoms with E-state index in [9.17, 15) is 39.3 Å². The first-order valence-electron chi connectivity index (χ1n) is 15.1. The molecule has 0 bridgehead atoms. The minimum Gasteiger partial charge on any atom is -0.743 e. The van der Waals surface area contributed by atoms with Gasteiger partial charge >= 0.3 is 11.4 Å². The van der Waals surface area contributed by atoms with Gasteiger partial charge in [-0.1, -0.05) is 40.0 Å². The lowest BCUT2D eigenvalue weighted by Crippen LogP contribution is -2.46. The maximum absolute atomic E-state index is 11.8. The highest BCUT2D eigenvalue weighted by Gasteiger charge is 2.61. The largest absolute Gasteiger partial charge is 0.743 e. The Labute approximate surface area is 275 Å². The number of halogens is 6. The minimum absolute atomic E-state index is 0.228. The summed E-state index contributed by atoms with van der Waals surface area (Å²) in [4.78, 5) is 3.80. The van der Waals surface area contributed by atoms with E-state index in [1.165, 1.54) is 14.7 Å². The molecule has 262 valence electrons. The molecule has 47 heavy (non-hydrogen) atoms. The van der Waals surface area contributed by atoms with Gasteiger partial charge in [-0.15, -0.1) is 0 Å². The van der Waals surface area contributed by atoms with E-state index in [2.05, 4.69) is 93.6 Å². The fourth-order valence-corrected chi connectivity index (χ4v) is 6.17. The number of unbranched alkanes of at least 4 members (excludes halogenated alkanes) is 3. The molecule has 1 unspecified atom stereocenters. The van der Waals surface area contributed by atoms with Crippen LogP contribution in [0.3, 0.4) is 0 Å². The summed E-state index contributed by atoms with van der Waals surface area (Å²) >= 11 is 0. The van der Waals surface area contributed by atoms with Crippen molar-refractivity contribution in [3.8, 4) is 17.2 Å². The molecule has 0 N–H and O–H groups in total. The van der Waals surface area contributed by atoms with Crippen LogP contribution in [0.1, 0.15) is 59.3 Å². The molecule has 0 amide bonds. The summed E-state index contributed by atoms with van der Waals surface area (Å²) in [6.45, 7) is 8.83. The molecule has 0 fully saturated rings. The third-order valence-corrected chi connectivity index (χ3v) is 9.50. The molecule has 0 aliphatic carbocycles. The lowest BCUT2D eigenvalue weighted by atomic mass is 10.3. The molecular weight excluding hydrogens is 670 g/mol. The standard InChI is InChI=1S/C30H39O3S.C3H2F6O3S/c1-4-7-22-31-25-10-16-28(17-11-25)34(29-18-12-26(13-19-29)32-23-8-5-2)30-20-14-27(15-21-30)33-24-9-6-3;4-1(2(5,6)7)3(8,9)13(10,11)12/h10-21H,4-9,22-24H2,1-3H3;1H,(H,10,11,12)/q+1;/p-1. The van der Waals surface area contributed by atoms with Crippen molar-refractivity contribution in [1.29, 1.82) is 0 Å². The highest BCUT2D eigenvalue weighted by molar-refractivity contribution is 7.97. The Kier molecular flexibility index (Phi) is 16.2. The molecule has 0 aliphatic rings. The average Bonchev–Trinajstić information content (AvgIpc) is 3.03. The molecule has 3 aromatic carbocycles. The Bertz CT molecular complexity index is 1290. The van der Waals surface area contributed by atoms with Gasteiger partial charge in [0.1, 0.15) is 17.2 Å². The van der Waals surface area contributed by atoms with Crippen LogP contribution in [0.4, 0.5) is 26.3 Å². The second kappa shape index (κ2) is 19.0. The Morgan fingerprint density at radius 2 is 0.894 bits per heavy atom. The SMILES string of the molecule is CCCCOc1ccc([S+](c2ccc(OCCCC)cc2)c2ccc(OCCCC)cc2)cc1.O=S(=O)([O-])C(F)(F)C(F)C(F)(F)F. The maximum Gasteiger partial charge on any atom is 0.426 e. The molecule has 0 saturated heterocycles. The summed E-state index contributed by atoms with van der Waals surface area (Å²) in [5.41, 5.74) is 0. The van der Waals surface area contributed by atoms with E-state index in [1.54, 1.807) is 0 Å². The molecule has 0 saturated carbocycles. The molecular formula is C33H40F6O6S2. The van der Waals surface area contributed by atoms with Crippen LogP contribution < -0.4 is 14.2 Å². The van der Waals surface area contributed by atoms with Gasteiger partial charge in [0.2, 0.25) is 0 Å². The van der Waals surface area contributed by atoms with Gasteiger partial charge in [-0.25, -0.2) is 12.8 Å². The lowest BCUT2D eigenvalue weighted by molar-refractivity contribution is -0.223. The number of benzene rings is 3. The smallest absolute Gasteiger partial charge is 0.426 e. The van der Waals surface area contributed by atoms with Crippen molar-refractivity contribution in [2.45, 2.75) is 91.6 Å². The van der Waals surface area contributed by atoms with E-state index in [1.807, 2.05) is 0 Å². The zero-order valence-electron chi connectivity index (χ0n) is 26.4. The molecule has 14 heteroatoms. The van der Waals surface area contributed by atoms with Crippen molar-refractivity contribution in [2.75, 3.05) is 19.8 Å². The van der Waals surface area contributed by atoms with Gasteiger partial charge in [-0.05, 0) is 92.1 Å². The summed E-state index contributed by atoms with van der Waals surface area (Å²) in [6, 6.07) is 25.7. The van der Waals surface area contributed by atoms with E-state index in [4.69, 9.17) is 14.2 Å². The highest BCUT2D eigenvalue weighted by Crippen LogP contribution is 2.38. The predicted octanol–water partition coefficient (Wildman–Crippen LogP) is 9.34. The van der Waals surface area contributed by atoms with Gasteiger partial charge in [0.05, 0.1) is 30.7 Å². The van der Waals surface area contributed by atoms with E-state index in [0.717, 1.165) is 75.6 Å². The van der Waals surface area contributed by atoms with Crippen molar-refractivity contribution in [2.24, 2.45) is 0 Å². The molecule has 1 atom stereocenters. The van der Waals surface area contributed by atoms with Crippen LogP contribution >= 0.6 is 0 Å². The van der Waals surface area contributed by atoms with Crippen LogP contribution in [0.15, 0.2) is 87.5 Å². The number of hydrogen-bond acceptors (Lipinski definition) is 6. The van der Waals surface area contributed by atoms with Crippen LogP contribution in [0.2, 0.25) is 0 Å². The van der Waals surface area contributed by atoms with E-state index < -0.39 is 27.7 Å². The zero-order valence-corrected chi connectivity index (χ0v) is 28.0. The third kappa shape index (κ3) is 12.8. The maximum atomic E-state index is 11.8. The van der Waals surface area contributed by atoms with Gasteiger partial charge in [0.25, 0.3) is 6.17 Å². The number of hydrogen-bond donors (Lipinski definition) is 0. The second-order valence-electron chi connectivity index (χ2n) is 10.2. The van der Waals surface area contributed by atoms with Crippen LogP contribution in [0.5, 0.6) is 17.2 Å². The quantitative estimate of drug-likeness (QED) is 0.0601. The van der Waals surface area contributed by atoms with E-state index in [-0.39, 0.29) is 10.9 Å². The number of alkyl halides is 6. The highest BCUT2D eigenvalue weighted by atomic mass is 32.2. The Balaban J connectivity index is 0.000000500. The topological polar surface area (TPSA) is 84.9 Å².